The minimum atomic E-state index is -0.924. The highest BCUT2D eigenvalue weighted by atomic mass is 19.1. The Hall–Kier alpha value is -2.84. The molecule has 1 aromatic carbocycles. The molecular formula is C18H20F2N4O3. The van der Waals surface area contributed by atoms with Gasteiger partial charge in [0, 0.05) is 24.2 Å². The van der Waals surface area contributed by atoms with E-state index in [1.54, 1.807) is 6.92 Å². The van der Waals surface area contributed by atoms with Gasteiger partial charge in [-0.15, -0.1) is 5.10 Å². The van der Waals surface area contributed by atoms with Crippen LogP contribution in [0.5, 0.6) is 0 Å². The van der Waals surface area contributed by atoms with Crippen molar-refractivity contribution >= 4 is 11.9 Å². The smallest absolute Gasteiger partial charge is 0.308 e. The predicted molar refractivity (Wildman–Crippen MR) is 91.1 cm³/mol. The molecule has 0 bridgehead atoms. The second-order valence-electron chi connectivity index (χ2n) is 6.84. The van der Waals surface area contributed by atoms with Crippen molar-refractivity contribution in [3.63, 3.8) is 0 Å². The van der Waals surface area contributed by atoms with Crippen LogP contribution in [-0.4, -0.2) is 49.5 Å². The lowest BCUT2D eigenvalue weighted by molar-refractivity contribution is -0.143. The van der Waals surface area contributed by atoms with Gasteiger partial charge in [0.25, 0.3) is 5.91 Å². The van der Waals surface area contributed by atoms with Crippen LogP contribution in [0.25, 0.3) is 0 Å². The molecule has 9 heteroatoms. The molecule has 144 valence electrons. The van der Waals surface area contributed by atoms with Crippen LogP contribution in [0.1, 0.15) is 41.5 Å². The molecule has 0 spiro atoms. The number of nitrogens with zero attached hydrogens (tertiary/aromatic N) is 4. The quantitative estimate of drug-likeness (QED) is 0.882. The van der Waals surface area contributed by atoms with Crippen molar-refractivity contribution in [2.45, 2.75) is 39.3 Å². The van der Waals surface area contributed by atoms with Crippen molar-refractivity contribution in [2.75, 3.05) is 6.54 Å². The summed E-state index contributed by atoms with van der Waals surface area (Å²) < 4.78 is 28.3. The van der Waals surface area contributed by atoms with Gasteiger partial charge in [0.1, 0.15) is 11.6 Å². The Labute approximate surface area is 154 Å². The number of rotatable bonds is 4. The lowest BCUT2D eigenvalue weighted by Crippen LogP contribution is -2.47. The maximum atomic E-state index is 13.9. The third-order valence-corrected chi connectivity index (χ3v) is 5.01. The van der Waals surface area contributed by atoms with Crippen LogP contribution in [0.4, 0.5) is 8.78 Å². The normalized spacial score (nSPS) is 19.9. The highest BCUT2D eigenvalue weighted by molar-refractivity contribution is 5.93. The fourth-order valence-electron chi connectivity index (χ4n) is 3.25. The first kappa shape index (κ1) is 18.9. The van der Waals surface area contributed by atoms with Crippen molar-refractivity contribution in [1.29, 1.82) is 0 Å². The monoisotopic (exact) mass is 378 g/mol. The Morgan fingerprint density at radius 3 is 2.70 bits per heavy atom. The van der Waals surface area contributed by atoms with Crippen molar-refractivity contribution in [3.8, 4) is 0 Å². The number of benzene rings is 1. The van der Waals surface area contributed by atoms with E-state index in [1.807, 2.05) is 6.92 Å². The van der Waals surface area contributed by atoms with Crippen LogP contribution < -0.4 is 0 Å². The lowest BCUT2D eigenvalue weighted by atomic mass is 9.93. The van der Waals surface area contributed by atoms with Gasteiger partial charge in [0.05, 0.1) is 18.2 Å². The molecule has 1 amide bonds. The van der Waals surface area contributed by atoms with Crippen LogP contribution in [-0.2, 0) is 11.3 Å². The van der Waals surface area contributed by atoms with Crippen LogP contribution in [0.3, 0.4) is 0 Å². The molecule has 1 aliphatic rings. The minimum absolute atomic E-state index is 0.00549. The number of halogens is 2. The summed E-state index contributed by atoms with van der Waals surface area (Å²) in [6.07, 6.45) is 1.12. The number of carbonyl (C=O) groups excluding carboxylic acids is 1. The summed E-state index contributed by atoms with van der Waals surface area (Å²) in [7, 11) is 0. The lowest BCUT2D eigenvalue weighted by Gasteiger charge is -2.36. The van der Waals surface area contributed by atoms with Crippen LogP contribution in [0, 0.1) is 24.5 Å². The average Bonchev–Trinajstić information content (AvgIpc) is 2.97. The minimum Gasteiger partial charge on any atom is -0.481 e. The second kappa shape index (κ2) is 7.42. The number of hydrogen-bond acceptors (Lipinski definition) is 4. The Bertz CT molecular complexity index is 883. The van der Waals surface area contributed by atoms with Crippen LogP contribution in [0.2, 0.25) is 0 Å². The molecule has 7 nitrogen and oxygen atoms in total. The van der Waals surface area contributed by atoms with Gasteiger partial charge < -0.3 is 10.0 Å². The van der Waals surface area contributed by atoms with E-state index in [-0.39, 0.29) is 30.4 Å². The third kappa shape index (κ3) is 3.81. The molecule has 2 aromatic rings. The first-order valence-electron chi connectivity index (χ1n) is 8.65. The standard InChI is InChI=1S/C18H20F2N4O3/c1-10-3-4-13(18(26)27)8-23(10)17(25)16-11(2)24(22-21-16)9-12-5-6-14(19)7-15(12)20/h5-7,10,13H,3-4,8-9H2,1-2H3,(H,26,27). The van der Waals surface area contributed by atoms with E-state index in [9.17, 15) is 23.5 Å². The van der Waals surface area contributed by atoms with Gasteiger partial charge in [0.2, 0.25) is 0 Å². The molecular weight excluding hydrogens is 358 g/mol. The molecule has 0 aliphatic carbocycles. The second-order valence-corrected chi connectivity index (χ2v) is 6.84. The summed E-state index contributed by atoms with van der Waals surface area (Å²) in [5.41, 5.74) is 0.768. The Balaban J connectivity index is 1.81. The van der Waals surface area contributed by atoms with E-state index >= 15 is 0 Å². The Morgan fingerprint density at radius 2 is 2.04 bits per heavy atom. The molecule has 1 fully saturated rings. The third-order valence-electron chi connectivity index (χ3n) is 5.01. The van der Waals surface area contributed by atoms with Gasteiger partial charge in [-0.2, -0.15) is 0 Å². The first-order chi connectivity index (χ1) is 12.8. The zero-order chi connectivity index (χ0) is 19.7. The molecule has 0 saturated carbocycles. The summed E-state index contributed by atoms with van der Waals surface area (Å²) >= 11 is 0. The number of aliphatic carboxylic acids is 1. The zero-order valence-electron chi connectivity index (χ0n) is 15.0. The van der Waals surface area contributed by atoms with Gasteiger partial charge in [-0.3, -0.25) is 9.59 Å². The molecule has 1 saturated heterocycles. The van der Waals surface area contributed by atoms with Gasteiger partial charge in [-0.05, 0) is 32.8 Å². The number of hydrogen-bond donors (Lipinski definition) is 1. The van der Waals surface area contributed by atoms with E-state index in [1.165, 1.54) is 15.6 Å². The van der Waals surface area contributed by atoms with Crippen molar-refractivity contribution in [1.82, 2.24) is 19.9 Å². The van der Waals surface area contributed by atoms with E-state index in [2.05, 4.69) is 10.3 Å². The summed E-state index contributed by atoms with van der Waals surface area (Å²) in [5.74, 6) is -3.29. The molecule has 1 aliphatic heterocycles. The fourth-order valence-corrected chi connectivity index (χ4v) is 3.25. The highest BCUT2D eigenvalue weighted by Crippen LogP contribution is 2.24. The summed E-state index contributed by atoms with van der Waals surface area (Å²) in [6.45, 7) is 3.63. The number of carboxylic acid groups (broad SMARTS) is 1. The first-order valence-corrected chi connectivity index (χ1v) is 8.65. The molecule has 2 unspecified atom stereocenters. The number of likely N-dealkylation sites (tertiary alicyclic amines) is 1. The van der Waals surface area contributed by atoms with E-state index in [4.69, 9.17) is 0 Å². The molecule has 1 aromatic heterocycles. The molecule has 3 rings (SSSR count). The number of amides is 1. The largest absolute Gasteiger partial charge is 0.481 e. The molecule has 2 heterocycles. The molecule has 1 N–H and O–H groups in total. The van der Waals surface area contributed by atoms with Crippen molar-refractivity contribution < 1.29 is 23.5 Å². The van der Waals surface area contributed by atoms with E-state index in [0.717, 1.165) is 12.1 Å². The SMILES string of the molecule is Cc1c(C(=O)N2CC(C(=O)O)CCC2C)nnn1Cc1ccc(F)cc1F. The summed E-state index contributed by atoms with van der Waals surface area (Å²) in [4.78, 5) is 25.6. The van der Waals surface area contributed by atoms with Crippen LogP contribution in [0.15, 0.2) is 18.2 Å². The van der Waals surface area contributed by atoms with Crippen molar-refractivity contribution in [2.24, 2.45) is 5.92 Å². The summed E-state index contributed by atoms with van der Waals surface area (Å²) in [5, 5.41) is 17.1. The summed E-state index contributed by atoms with van der Waals surface area (Å²) in [6, 6.07) is 3.15. The van der Waals surface area contributed by atoms with Crippen LogP contribution >= 0.6 is 0 Å². The van der Waals surface area contributed by atoms with Crippen molar-refractivity contribution in [3.05, 3.63) is 46.8 Å². The maximum absolute atomic E-state index is 13.9. The van der Waals surface area contributed by atoms with E-state index in [0.29, 0.717) is 18.5 Å². The molecule has 27 heavy (non-hydrogen) atoms. The average molecular weight is 378 g/mol. The Kier molecular flexibility index (Phi) is 5.20. The highest BCUT2D eigenvalue weighted by Gasteiger charge is 2.34. The number of carbonyl (C=O) groups is 2. The zero-order valence-corrected chi connectivity index (χ0v) is 15.0. The predicted octanol–water partition coefficient (Wildman–Crippen LogP) is 2.24. The maximum Gasteiger partial charge on any atom is 0.308 e. The Morgan fingerprint density at radius 1 is 1.30 bits per heavy atom. The number of aromatic nitrogens is 3. The fraction of sp³-hybridized carbons (Fsp3) is 0.444. The number of carboxylic acids is 1. The molecule has 2 atom stereocenters. The van der Waals surface area contributed by atoms with Gasteiger partial charge in [-0.25, -0.2) is 13.5 Å². The van der Waals surface area contributed by atoms with Gasteiger partial charge >= 0.3 is 5.97 Å². The van der Waals surface area contributed by atoms with Gasteiger partial charge in [-0.1, -0.05) is 11.3 Å². The van der Waals surface area contributed by atoms with Gasteiger partial charge in [0.15, 0.2) is 5.69 Å². The molecule has 0 radical (unpaired) electrons. The topological polar surface area (TPSA) is 88.3 Å². The van der Waals surface area contributed by atoms with E-state index < -0.39 is 29.4 Å². The number of piperidine rings is 1.